The molecule has 5 N–H and O–H groups in total. The van der Waals surface area contributed by atoms with E-state index >= 15 is 0 Å². The Morgan fingerprint density at radius 3 is 2.52 bits per heavy atom. The summed E-state index contributed by atoms with van der Waals surface area (Å²) in [5.41, 5.74) is 7.72. The smallest absolute Gasteiger partial charge is 0.475 e. The first-order chi connectivity index (χ1) is 18.8. The number of carbonyl (C=O) groups excluding carboxylic acids is 2. The summed E-state index contributed by atoms with van der Waals surface area (Å²) in [6.07, 6.45) is -2.57. The van der Waals surface area contributed by atoms with Crippen molar-refractivity contribution in [2.75, 3.05) is 11.9 Å². The van der Waals surface area contributed by atoms with E-state index in [1.165, 1.54) is 11.0 Å². The van der Waals surface area contributed by atoms with Crippen molar-refractivity contribution in [2.45, 2.75) is 37.5 Å². The Balaban J connectivity index is 0.000000559. The average Bonchev–Trinajstić information content (AvgIpc) is 3.52. The molecule has 40 heavy (non-hydrogen) atoms. The number of aliphatic carboxylic acids is 1. The number of benzene rings is 2. The van der Waals surface area contributed by atoms with Crippen LogP contribution in [0.5, 0.6) is 5.75 Å². The number of H-pyrrole nitrogens is 1. The molecule has 1 fully saturated rings. The number of carboxylic acids is 1. The standard InChI is InChI=1S/C23H21F2N5O3.C2HF3O2/c24-18-5-3-14(9-19(18)25)29-23(32)33-16-4-6-21-17(10-16)13(12-28-21)8-20(27)22(31)30-7-1-2-15(30)11-26;3-2(4,5)1(6)7/h3-6,9-10,12,15,20,28H,1-2,7-8,27H2,(H,29,32);(H,6,7). The minimum absolute atomic E-state index is 0.0457. The van der Waals surface area contributed by atoms with Crippen LogP contribution in [0, 0.1) is 23.0 Å². The number of fused-ring (bicyclic) bond motifs is 1. The zero-order valence-corrected chi connectivity index (χ0v) is 20.5. The summed E-state index contributed by atoms with van der Waals surface area (Å²) in [6.45, 7) is 0.518. The maximum atomic E-state index is 13.3. The van der Waals surface area contributed by atoms with Crippen LogP contribution in [-0.2, 0) is 16.0 Å². The first kappa shape index (κ1) is 29.8. The van der Waals surface area contributed by atoms with Crippen LogP contribution in [0.15, 0.2) is 42.6 Å². The molecule has 2 aromatic carbocycles. The Morgan fingerprint density at radius 1 is 1.20 bits per heavy atom. The SMILES string of the molecule is N#CC1CCCN1C(=O)C(N)Cc1c[nH]c2ccc(OC(=O)Nc3ccc(F)c(F)c3)cc12.O=C(O)C(F)(F)F. The van der Waals surface area contributed by atoms with Gasteiger partial charge in [-0.2, -0.15) is 18.4 Å². The molecule has 212 valence electrons. The quantitative estimate of drug-likeness (QED) is 0.338. The number of nitrogens with zero attached hydrogens (tertiary/aromatic N) is 2. The van der Waals surface area contributed by atoms with Gasteiger partial charge in [0.15, 0.2) is 11.6 Å². The van der Waals surface area contributed by atoms with Crippen molar-refractivity contribution in [3.8, 4) is 11.8 Å². The van der Waals surface area contributed by atoms with Gasteiger partial charge in [0.2, 0.25) is 5.91 Å². The number of nitrogens with two attached hydrogens (primary N) is 1. The van der Waals surface area contributed by atoms with Gasteiger partial charge in [-0.15, -0.1) is 0 Å². The fraction of sp³-hybridized carbons (Fsp3) is 0.280. The number of nitrogens with one attached hydrogen (secondary N) is 2. The molecule has 2 atom stereocenters. The van der Waals surface area contributed by atoms with Crippen LogP contribution in [0.4, 0.5) is 32.4 Å². The Hall–Kier alpha value is -4.71. The molecule has 0 bridgehead atoms. The lowest BCUT2D eigenvalue weighted by molar-refractivity contribution is -0.192. The number of aromatic amines is 1. The van der Waals surface area contributed by atoms with Crippen molar-refractivity contribution in [2.24, 2.45) is 5.73 Å². The number of rotatable bonds is 5. The molecule has 1 saturated heterocycles. The summed E-state index contributed by atoms with van der Waals surface area (Å²) in [7, 11) is 0. The number of likely N-dealkylation sites (tertiary alicyclic amines) is 1. The van der Waals surface area contributed by atoms with Gasteiger partial charge in [-0.25, -0.2) is 18.4 Å². The summed E-state index contributed by atoms with van der Waals surface area (Å²) in [5, 5.41) is 19.4. The second-order valence-corrected chi connectivity index (χ2v) is 8.60. The average molecular weight is 567 g/mol. The predicted molar refractivity (Wildman–Crippen MR) is 130 cm³/mol. The molecule has 1 aliphatic rings. The fourth-order valence-corrected chi connectivity index (χ4v) is 3.92. The van der Waals surface area contributed by atoms with Crippen molar-refractivity contribution in [1.29, 1.82) is 5.26 Å². The van der Waals surface area contributed by atoms with Crippen molar-refractivity contribution in [3.63, 3.8) is 0 Å². The normalized spacial score (nSPS) is 15.5. The fourth-order valence-electron chi connectivity index (χ4n) is 3.92. The summed E-state index contributed by atoms with van der Waals surface area (Å²) in [4.78, 5) is 38.4. The Morgan fingerprint density at radius 2 is 1.90 bits per heavy atom. The van der Waals surface area contributed by atoms with Gasteiger partial charge in [0.1, 0.15) is 11.8 Å². The van der Waals surface area contributed by atoms with Crippen LogP contribution in [0.25, 0.3) is 10.9 Å². The van der Waals surface area contributed by atoms with Crippen molar-refractivity contribution in [1.82, 2.24) is 9.88 Å². The van der Waals surface area contributed by atoms with E-state index in [4.69, 9.17) is 20.4 Å². The molecule has 0 saturated carbocycles. The molecule has 1 aromatic heterocycles. The highest BCUT2D eigenvalue weighted by Gasteiger charge is 2.38. The highest BCUT2D eigenvalue weighted by molar-refractivity contribution is 5.89. The van der Waals surface area contributed by atoms with Gasteiger partial charge in [0, 0.05) is 35.4 Å². The van der Waals surface area contributed by atoms with Crippen molar-refractivity contribution < 1.29 is 46.2 Å². The van der Waals surface area contributed by atoms with Crippen LogP contribution in [0.1, 0.15) is 18.4 Å². The van der Waals surface area contributed by atoms with Crippen LogP contribution in [-0.4, -0.2) is 57.8 Å². The molecule has 0 aliphatic carbocycles. The van der Waals surface area contributed by atoms with Crippen molar-refractivity contribution in [3.05, 3.63) is 59.8 Å². The highest BCUT2D eigenvalue weighted by atomic mass is 19.4. The summed E-state index contributed by atoms with van der Waals surface area (Å²) >= 11 is 0. The van der Waals surface area contributed by atoms with E-state index in [2.05, 4.69) is 16.4 Å². The number of ether oxygens (including phenoxy) is 1. The minimum atomic E-state index is -5.08. The lowest BCUT2D eigenvalue weighted by Gasteiger charge is -2.23. The molecular formula is C25H22F5N5O5. The second kappa shape index (κ2) is 12.4. The third-order valence-electron chi connectivity index (χ3n) is 5.80. The number of halogens is 5. The highest BCUT2D eigenvalue weighted by Crippen LogP contribution is 2.26. The molecule has 4 rings (SSSR count). The van der Waals surface area contributed by atoms with Crippen molar-refractivity contribution >= 4 is 34.6 Å². The molecule has 0 radical (unpaired) electrons. The molecule has 2 amide bonds. The molecular weight excluding hydrogens is 545 g/mol. The van der Waals surface area contributed by atoms with E-state index in [1.54, 1.807) is 24.4 Å². The number of carbonyl (C=O) groups is 3. The molecule has 0 spiro atoms. The van der Waals surface area contributed by atoms with E-state index in [9.17, 15) is 36.8 Å². The number of carboxylic acid groups (broad SMARTS) is 1. The minimum Gasteiger partial charge on any atom is -0.475 e. The van der Waals surface area contributed by atoms with Gasteiger partial charge >= 0.3 is 18.2 Å². The number of hydrogen-bond donors (Lipinski definition) is 4. The number of nitriles is 1. The van der Waals surface area contributed by atoms with Crippen LogP contribution in [0.2, 0.25) is 0 Å². The van der Waals surface area contributed by atoms with E-state index in [1.807, 2.05) is 0 Å². The molecule has 3 aromatic rings. The Labute approximate surface area is 223 Å². The van der Waals surface area contributed by atoms with E-state index in [-0.39, 0.29) is 23.8 Å². The van der Waals surface area contributed by atoms with Crippen LogP contribution < -0.4 is 15.8 Å². The molecule has 10 nitrogen and oxygen atoms in total. The number of aromatic nitrogens is 1. The second-order valence-electron chi connectivity index (χ2n) is 8.60. The number of alkyl halides is 3. The first-order valence-electron chi connectivity index (χ1n) is 11.6. The van der Waals surface area contributed by atoms with Gasteiger partial charge in [-0.05, 0) is 55.2 Å². The zero-order valence-electron chi connectivity index (χ0n) is 20.5. The van der Waals surface area contributed by atoms with Gasteiger partial charge < -0.3 is 25.5 Å². The lowest BCUT2D eigenvalue weighted by atomic mass is 10.0. The Kier molecular flexibility index (Phi) is 9.27. The van der Waals surface area contributed by atoms with Crippen LogP contribution in [0.3, 0.4) is 0 Å². The van der Waals surface area contributed by atoms with E-state index < -0.39 is 42.0 Å². The maximum absolute atomic E-state index is 13.3. The summed E-state index contributed by atoms with van der Waals surface area (Å²) in [5.74, 6) is -4.93. The van der Waals surface area contributed by atoms with Gasteiger partial charge in [0.05, 0.1) is 12.1 Å². The summed E-state index contributed by atoms with van der Waals surface area (Å²) < 4.78 is 63.3. The lowest BCUT2D eigenvalue weighted by Crippen LogP contribution is -2.46. The number of amides is 2. The number of hydrogen-bond acceptors (Lipinski definition) is 6. The third kappa shape index (κ3) is 7.44. The monoisotopic (exact) mass is 567 g/mol. The molecule has 2 heterocycles. The molecule has 15 heteroatoms. The largest absolute Gasteiger partial charge is 0.490 e. The van der Waals surface area contributed by atoms with Crippen LogP contribution >= 0.6 is 0 Å². The zero-order chi connectivity index (χ0) is 29.6. The Bertz CT molecular complexity index is 1450. The molecule has 1 aliphatic heterocycles. The first-order valence-corrected chi connectivity index (χ1v) is 11.6. The van der Waals surface area contributed by atoms with Gasteiger partial charge in [-0.1, -0.05) is 0 Å². The van der Waals surface area contributed by atoms with E-state index in [0.717, 1.165) is 35.0 Å². The number of anilines is 1. The predicted octanol–water partition coefficient (Wildman–Crippen LogP) is 4.07. The molecule has 2 unspecified atom stereocenters. The summed E-state index contributed by atoms with van der Waals surface area (Å²) in [6, 6.07) is 8.73. The van der Waals surface area contributed by atoms with Gasteiger partial charge in [-0.3, -0.25) is 10.1 Å². The maximum Gasteiger partial charge on any atom is 0.490 e. The van der Waals surface area contributed by atoms with E-state index in [0.29, 0.717) is 13.0 Å². The topological polar surface area (TPSA) is 162 Å². The third-order valence-corrected chi connectivity index (χ3v) is 5.80. The van der Waals surface area contributed by atoms with Gasteiger partial charge in [0.25, 0.3) is 0 Å².